The minimum absolute atomic E-state index is 0.110. The summed E-state index contributed by atoms with van der Waals surface area (Å²) in [5, 5.41) is 0. The first-order valence-corrected chi connectivity index (χ1v) is 7.57. The van der Waals surface area contributed by atoms with Gasteiger partial charge in [0.25, 0.3) is 5.97 Å². The summed E-state index contributed by atoms with van der Waals surface area (Å²) in [5.74, 6) is -0.482. The first kappa shape index (κ1) is 16.3. The van der Waals surface area contributed by atoms with Crippen LogP contribution in [0, 0.1) is 0 Å². The molecule has 116 valence electrons. The standard InChI is InChI=1S/C17H23BN2O2/c1-13(2)22-16(21)15(12-14-8-6-5-7-9-14)18-17-19(3)10-11-20(17)4/h5-11,13,15H,12H2,1-4H3. The molecule has 1 unspecified atom stereocenters. The number of rotatable bonds is 6. The van der Waals surface area contributed by atoms with Crippen LogP contribution in [0.15, 0.2) is 42.7 Å². The zero-order chi connectivity index (χ0) is 16.1. The van der Waals surface area contributed by atoms with E-state index in [2.05, 4.69) is 0 Å². The highest BCUT2D eigenvalue weighted by Crippen LogP contribution is 2.15. The minimum atomic E-state index is -0.301. The van der Waals surface area contributed by atoms with Gasteiger partial charge < -0.3 is 4.74 Å². The molecule has 4 nitrogen and oxygen atoms in total. The highest BCUT2D eigenvalue weighted by Gasteiger charge is 2.16. The molecule has 22 heavy (non-hydrogen) atoms. The van der Waals surface area contributed by atoms with Gasteiger partial charge in [-0.1, -0.05) is 42.3 Å². The summed E-state index contributed by atoms with van der Waals surface area (Å²) >= 11 is 0. The Kier molecular flexibility index (Phi) is 5.42. The number of ether oxygens (including phenoxy) is 1. The predicted octanol–water partition coefficient (Wildman–Crippen LogP) is 1.16. The molecule has 0 aliphatic carbocycles. The summed E-state index contributed by atoms with van der Waals surface area (Å²) in [4.78, 5) is 12.4. The van der Waals surface area contributed by atoms with Crippen molar-refractivity contribution < 1.29 is 14.1 Å². The SMILES string of the molecule is CC(C)OC(=O)C([B-]c1n(C)cc[n+]1C)Cc1ccccc1. The van der Waals surface area contributed by atoms with E-state index < -0.39 is 0 Å². The Hall–Kier alpha value is -2.04. The van der Waals surface area contributed by atoms with Gasteiger partial charge in [0, 0.05) is 5.72 Å². The lowest BCUT2D eigenvalue weighted by Crippen LogP contribution is -2.51. The third-order valence-corrected chi connectivity index (χ3v) is 3.54. The van der Waals surface area contributed by atoms with Crippen LogP contribution < -0.4 is 10.3 Å². The Balaban J connectivity index is 2.19. The second kappa shape index (κ2) is 7.30. The van der Waals surface area contributed by atoms with Crippen LogP contribution in [-0.4, -0.2) is 23.9 Å². The quantitative estimate of drug-likeness (QED) is 0.456. The molecule has 1 atom stereocenters. The van der Waals surface area contributed by atoms with Gasteiger partial charge in [-0.05, 0) is 13.8 Å². The molecule has 5 heteroatoms. The zero-order valence-electron chi connectivity index (χ0n) is 13.7. The smallest absolute Gasteiger partial charge is 0.268 e. The molecule has 0 aliphatic rings. The van der Waals surface area contributed by atoms with Crippen LogP contribution in [0.4, 0.5) is 0 Å². The van der Waals surface area contributed by atoms with Crippen molar-refractivity contribution in [1.29, 1.82) is 0 Å². The maximum absolute atomic E-state index is 12.4. The molecule has 2 aromatic rings. The summed E-state index contributed by atoms with van der Waals surface area (Å²) in [5.41, 5.74) is 2.11. The molecule has 0 aliphatic heterocycles. The van der Waals surface area contributed by atoms with Gasteiger partial charge in [-0.25, -0.2) is 0 Å². The van der Waals surface area contributed by atoms with E-state index in [4.69, 9.17) is 4.74 Å². The molecular weight excluding hydrogens is 275 g/mol. The third kappa shape index (κ3) is 4.23. The molecule has 0 spiro atoms. The Morgan fingerprint density at radius 2 is 2.00 bits per heavy atom. The van der Waals surface area contributed by atoms with Crippen molar-refractivity contribution in [2.24, 2.45) is 14.1 Å². The van der Waals surface area contributed by atoms with E-state index in [0.29, 0.717) is 6.42 Å². The monoisotopic (exact) mass is 298 g/mol. The number of imidazole rings is 1. The lowest BCUT2D eigenvalue weighted by Gasteiger charge is -2.26. The van der Waals surface area contributed by atoms with Gasteiger partial charge in [-0.3, -0.25) is 13.9 Å². The molecule has 0 saturated heterocycles. The van der Waals surface area contributed by atoms with Crippen LogP contribution in [0.3, 0.4) is 0 Å². The molecule has 2 radical (unpaired) electrons. The number of aryl methyl sites for hydroxylation is 2. The predicted molar refractivity (Wildman–Crippen MR) is 87.1 cm³/mol. The van der Waals surface area contributed by atoms with Crippen LogP contribution in [-0.2, 0) is 30.0 Å². The van der Waals surface area contributed by atoms with Crippen LogP contribution in [0.2, 0.25) is 5.82 Å². The van der Waals surface area contributed by atoms with Crippen molar-refractivity contribution >= 4 is 19.0 Å². The first-order valence-electron chi connectivity index (χ1n) is 7.57. The van der Waals surface area contributed by atoms with E-state index in [1.54, 1.807) is 0 Å². The van der Waals surface area contributed by atoms with Crippen molar-refractivity contribution in [3.63, 3.8) is 0 Å². The molecule has 1 aromatic carbocycles. The fourth-order valence-corrected chi connectivity index (χ4v) is 2.41. The number of benzene rings is 1. The summed E-state index contributed by atoms with van der Waals surface area (Å²) < 4.78 is 9.43. The number of esters is 1. The lowest BCUT2D eigenvalue weighted by atomic mass is 9.61. The van der Waals surface area contributed by atoms with Crippen LogP contribution in [0.5, 0.6) is 0 Å². The molecule has 0 N–H and O–H groups in total. The number of aromatic nitrogens is 2. The second-order valence-electron chi connectivity index (χ2n) is 5.83. The maximum atomic E-state index is 12.4. The Morgan fingerprint density at radius 1 is 1.32 bits per heavy atom. The number of nitrogens with zero attached hydrogens (tertiary/aromatic N) is 2. The van der Waals surface area contributed by atoms with Gasteiger partial charge >= 0.3 is 0 Å². The van der Waals surface area contributed by atoms with Crippen LogP contribution in [0.1, 0.15) is 19.4 Å². The normalized spacial score (nSPS) is 12.4. The number of hydrogen-bond donors (Lipinski definition) is 0. The highest BCUT2D eigenvalue weighted by atomic mass is 16.5. The maximum Gasteiger partial charge on any atom is 0.268 e. The van der Waals surface area contributed by atoms with Crippen LogP contribution >= 0.6 is 0 Å². The molecule has 0 bridgehead atoms. The van der Waals surface area contributed by atoms with E-state index in [0.717, 1.165) is 11.3 Å². The minimum Gasteiger partial charge on any atom is -0.465 e. The Morgan fingerprint density at radius 3 is 2.55 bits per heavy atom. The fourth-order valence-electron chi connectivity index (χ4n) is 2.41. The number of hydrogen-bond acceptors (Lipinski definition) is 2. The van der Waals surface area contributed by atoms with E-state index in [-0.39, 0.29) is 17.9 Å². The molecule has 0 saturated carbocycles. The van der Waals surface area contributed by atoms with Gasteiger partial charge in [0.15, 0.2) is 0 Å². The molecule has 0 fully saturated rings. The molecule has 1 heterocycles. The van der Waals surface area contributed by atoms with Gasteiger partial charge in [-0.2, -0.15) is 7.28 Å². The summed E-state index contributed by atoms with van der Waals surface area (Å²) in [6.45, 7) is 3.75. The van der Waals surface area contributed by atoms with E-state index >= 15 is 0 Å². The average Bonchev–Trinajstić information content (AvgIpc) is 2.78. The topological polar surface area (TPSA) is 35.1 Å². The average molecular weight is 298 g/mol. The van der Waals surface area contributed by atoms with Crippen molar-refractivity contribution in [1.82, 2.24) is 4.57 Å². The fraction of sp³-hybridized carbons (Fsp3) is 0.412. The third-order valence-electron chi connectivity index (χ3n) is 3.54. The Bertz CT molecular complexity index is 603. The van der Waals surface area contributed by atoms with Crippen molar-refractivity contribution in [2.45, 2.75) is 32.2 Å². The van der Waals surface area contributed by atoms with Crippen molar-refractivity contribution in [3.8, 4) is 0 Å². The zero-order valence-corrected chi connectivity index (χ0v) is 13.7. The van der Waals surface area contributed by atoms with Gasteiger partial charge in [0.2, 0.25) is 0 Å². The number of carbonyl (C=O) groups excluding carboxylic acids is 1. The largest absolute Gasteiger partial charge is 0.465 e. The van der Waals surface area contributed by atoms with E-state index in [9.17, 15) is 4.79 Å². The summed E-state index contributed by atoms with van der Waals surface area (Å²) in [7, 11) is 5.93. The van der Waals surface area contributed by atoms with Gasteiger partial charge in [-0.15, -0.1) is 5.82 Å². The van der Waals surface area contributed by atoms with Crippen LogP contribution in [0.25, 0.3) is 0 Å². The van der Waals surface area contributed by atoms with E-state index in [1.165, 1.54) is 0 Å². The molecule has 2 rings (SSSR count). The van der Waals surface area contributed by atoms with Crippen molar-refractivity contribution in [3.05, 3.63) is 48.3 Å². The first-order chi connectivity index (χ1) is 10.5. The molecule has 0 amide bonds. The highest BCUT2D eigenvalue weighted by molar-refractivity contribution is 6.56. The number of carbonyl (C=O) groups is 1. The van der Waals surface area contributed by atoms with Gasteiger partial charge in [0.05, 0.1) is 20.2 Å². The van der Waals surface area contributed by atoms with Crippen molar-refractivity contribution in [2.75, 3.05) is 0 Å². The molecule has 1 aromatic heterocycles. The summed E-state index contributed by atoms with van der Waals surface area (Å²) in [6, 6.07) is 10.0. The van der Waals surface area contributed by atoms with E-state index in [1.807, 2.05) is 87.1 Å². The van der Waals surface area contributed by atoms with Gasteiger partial charge in [0.1, 0.15) is 12.4 Å². The second-order valence-corrected chi connectivity index (χ2v) is 5.83. The lowest BCUT2D eigenvalue weighted by molar-refractivity contribution is -0.653. The molecular formula is C17H23BN2O2. The summed E-state index contributed by atoms with van der Waals surface area (Å²) in [6.07, 6.45) is 4.47. The Labute approximate surface area is 133 Å².